The number of ketones is 1. The van der Waals surface area contributed by atoms with Crippen molar-refractivity contribution in [3.8, 4) is 0 Å². The summed E-state index contributed by atoms with van der Waals surface area (Å²) in [5.74, 6) is 0.202. The topological polar surface area (TPSA) is 20.3 Å². The SMILES string of the molecule is CC(C)N(C(C)C)C(C)C(=O)c1ccccc1. The van der Waals surface area contributed by atoms with E-state index in [1.165, 1.54) is 0 Å². The minimum atomic E-state index is -0.0719. The number of hydrogen-bond donors (Lipinski definition) is 0. The van der Waals surface area contributed by atoms with Crippen LogP contribution < -0.4 is 0 Å². The van der Waals surface area contributed by atoms with Crippen LogP contribution in [-0.2, 0) is 0 Å². The summed E-state index contributed by atoms with van der Waals surface area (Å²) in [6.45, 7) is 10.5. The molecule has 1 rings (SSSR count). The smallest absolute Gasteiger partial charge is 0.179 e. The Kier molecular flexibility index (Phi) is 4.88. The van der Waals surface area contributed by atoms with Crippen molar-refractivity contribution in [3.63, 3.8) is 0 Å². The molecule has 0 aliphatic rings. The zero-order valence-electron chi connectivity index (χ0n) is 11.5. The molecule has 0 aromatic heterocycles. The third-order valence-corrected chi connectivity index (χ3v) is 3.08. The lowest BCUT2D eigenvalue weighted by molar-refractivity contribution is 0.0711. The van der Waals surface area contributed by atoms with Gasteiger partial charge in [0.25, 0.3) is 0 Å². The number of carbonyl (C=O) groups excluding carboxylic acids is 1. The van der Waals surface area contributed by atoms with Crippen LogP contribution in [0.3, 0.4) is 0 Å². The molecule has 0 bridgehead atoms. The van der Waals surface area contributed by atoms with Crippen LogP contribution in [0.15, 0.2) is 30.3 Å². The third kappa shape index (κ3) is 3.40. The van der Waals surface area contributed by atoms with Crippen LogP contribution in [-0.4, -0.2) is 28.8 Å². The van der Waals surface area contributed by atoms with E-state index in [1.807, 2.05) is 37.3 Å². The molecule has 0 saturated carbocycles. The Bertz CT molecular complexity index is 348. The molecule has 0 fully saturated rings. The molecule has 2 nitrogen and oxygen atoms in total. The molecular weight excluding hydrogens is 210 g/mol. The second-order valence-corrected chi connectivity index (χ2v) is 5.04. The lowest BCUT2D eigenvalue weighted by Gasteiger charge is -2.35. The number of benzene rings is 1. The zero-order valence-corrected chi connectivity index (χ0v) is 11.5. The van der Waals surface area contributed by atoms with Gasteiger partial charge in [-0.1, -0.05) is 30.3 Å². The fourth-order valence-corrected chi connectivity index (χ4v) is 2.47. The van der Waals surface area contributed by atoms with Crippen molar-refractivity contribution in [2.24, 2.45) is 0 Å². The van der Waals surface area contributed by atoms with Crippen molar-refractivity contribution in [3.05, 3.63) is 35.9 Å². The fraction of sp³-hybridized carbons (Fsp3) is 0.533. The summed E-state index contributed by atoms with van der Waals surface area (Å²) in [4.78, 5) is 14.6. The van der Waals surface area contributed by atoms with Crippen molar-refractivity contribution < 1.29 is 4.79 Å². The minimum Gasteiger partial charge on any atom is -0.292 e. The van der Waals surface area contributed by atoms with Crippen LogP contribution in [0.5, 0.6) is 0 Å². The fourth-order valence-electron chi connectivity index (χ4n) is 2.47. The second kappa shape index (κ2) is 5.97. The van der Waals surface area contributed by atoms with Crippen LogP contribution in [0.2, 0.25) is 0 Å². The van der Waals surface area contributed by atoms with Crippen LogP contribution in [0.1, 0.15) is 45.0 Å². The third-order valence-electron chi connectivity index (χ3n) is 3.08. The number of rotatable bonds is 5. The first-order valence-corrected chi connectivity index (χ1v) is 6.31. The second-order valence-electron chi connectivity index (χ2n) is 5.04. The maximum absolute atomic E-state index is 12.4. The molecule has 1 aromatic carbocycles. The Hall–Kier alpha value is -1.15. The van der Waals surface area contributed by atoms with Gasteiger partial charge in [0.05, 0.1) is 6.04 Å². The van der Waals surface area contributed by atoms with Crippen molar-refractivity contribution in [2.45, 2.75) is 52.7 Å². The molecule has 0 aliphatic heterocycles. The minimum absolute atomic E-state index is 0.0719. The summed E-state index contributed by atoms with van der Waals surface area (Å²) in [6, 6.07) is 10.2. The molecule has 1 atom stereocenters. The van der Waals surface area contributed by atoms with E-state index >= 15 is 0 Å². The van der Waals surface area contributed by atoms with Crippen LogP contribution in [0.25, 0.3) is 0 Å². The molecule has 17 heavy (non-hydrogen) atoms. The molecule has 0 radical (unpaired) electrons. The van der Waals surface area contributed by atoms with Gasteiger partial charge in [0.1, 0.15) is 0 Å². The van der Waals surface area contributed by atoms with Gasteiger partial charge < -0.3 is 0 Å². The summed E-state index contributed by atoms with van der Waals surface area (Å²) in [5.41, 5.74) is 0.798. The van der Waals surface area contributed by atoms with E-state index in [-0.39, 0.29) is 11.8 Å². The summed E-state index contributed by atoms with van der Waals surface area (Å²) < 4.78 is 0. The van der Waals surface area contributed by atoms with E-state index in [9.17, 15) is 4.79 Å². The van der Waals surface area contributed by atoms with Gasteiger partial charge in [-0.2, -0.15) is 0 Å². The Morgan fingerprint density at radius 3 is 1.82 bits per heavy atom. The standard InChI is InChI=1S/C15H23NO/c1-11(2)16(12(3)4)13(5)15(17)14-9-7-6-8-10-14/h6-13H,1-5H3. The Morgan fingerprint density at radius 1 is 0.941 bits per heavy atom. The summed E-state index contributed by atoms with van der Waals surface area (Å²) >= 11 is 0. The van der Waals surface area contributed by atoms with Crippen molar-refractivity contribution >= 4 is 5.78 Å². The average Bonchev–Trinajstić information content (AvgIpc) is 2.28. The molecule has 2 heteroatoms. The predicted octanol–water partition coefficient (Wildman–Crippen LogP) is 3.38. The molecule has 1 unspecified atom stereocenters. The number of nitrogens with zero attached hydrogens (tertiary/aromatic N) is 1. The van der Waals surface area contributed by atoms with E-state index in [2.05, 4.69) is 32.6 Å². The average molecular weight is 233 g/mol. The molecule has 0 heterocycles. The Balaban J connectivity index is 2.89. The first kappa shape index (κ1) is 13.9. The van der Waals surface area contributed by atoms with E-state index in [1.54, 1.807) is 0 Å². The quantitative estimate of drug-likeness (QED) is 0.727. The molecule has 0 spiro atoms. The molecule has 94 valence electrons. The van der Waals surface area contributed by atoms with Gasteiger partial charge in [0.2, 0.25) is 0 Å². The lowest BCUT2D eigenvalue weighted by atomic mass is 10.0. The lowest BCUT2D eigenvalue weighted by Crippen LogP contribution is -2.47. The summed E-state index contributed by atoms with van der Waals surface area (Å²) in [7, 11) is 0. The van der Waals surface area contributed by atoms with Gasteiger partial charge >= 0.3 is 0 Å². The van der Waals surface area contributed by atoms with Crippen molar-refractivity contribution in [1.82, 2.24) is 4.90 Å². The van der Waals surface area contributed by atoms with Crippen LogP contribution in [0.4, 0.5) is 0 Å². The van der Waals surface area contributed by atoms with Gasteiger partial charge in [-0.25, -0.2) is 0 Å². The van der Waals surface area contributed by atoms with Gasteiger partial charge in [0.15, 0.2) is 5.78 Å². The van der Waals surface area contributed by atoms with Crippen LogP contribution >= 0.6 is 0 Å². The summed E-state index contributed by atoms with van der Waals surface area (Å²) in [5, 5.41) is 0. The maximum Gasteiger partial charge on any atom is 0.179 e. The van der Waals surface area contributed by atoms with Crippen molar-refractivity contribution in [2.75, 3.05) is 0 Å². The molecule has 1 aromatic rings. The number of hydrogen-bond acceptors (Lipinski definition) is 2. The van der Waals surface area contributed by atoms with Crippen molar-refractivity contribution in [1.29, 1.82) is 0 Å². The Morgan fingerprint density at radius 2 is 1.41 bits per heavy atom. The summed E-state index contributed by atoms with van der Waals surface area (Å²) in [6.07, 6.45) is 0. The molecule has 0 aliphatic carbocycles. The predicted molar refractivity (Wildman–Crippen MR) is 72.3 cm³/mol. The molecule has 0 amide bonds. The van der Waals surface area contributed by atoms with E-state index in [0.29, 0.717) is 12.1 Å². The maximum atomic E-state index is 12.4. The number of carbonyl (C=O) groups is 1. The first-order chi connectivity index (χ1) is 7.95. The largest absolute Gasteiger partial charge is 0.292 e. The normalized spacial score (nSPS) is 13.4. The molecule has 0 N–H and O–H groups in total. The molecule has 0 saturated heterocycles. The van der Waals surface area contributed by atoms with Gasteiger partial charge in [0, 0.05) is 17.6 Å². The van der Waals surface area contributed by atoms with Crippen LogP contribution in [0, 0.1) is 0 Å². The highest BCUT2D eigenvalue weighted by Gasteiger charge is 2.26. The number of Topliss-reactive ketones (excluding diaryl/α,β-unsaturated/α-hetero) is 1. The monoisotopic (exact) mass is 233 g/mol. The highest BCUT2D eigenvalue weighted by atomic mass is 16.1. The van der Waals surface area contributed by atoms with E-state index in [0.717, 1.165) is 5.56 Å². The first-order valence-electron chi connectivity index (χ1n) is 6.31. The molecular formula is C15H23NO. The zero-order chi connectivity index (χ0) is 13.0. The van der Waals surface area contributed by atoms with E-state index in [4.69, 9.17) is 0 Å². The highest BCUT2D eigenvalue weighted by Crippen LogP contribution is 2.15. The highest BCUT2D eigenvalue weighted by molar-refractivity contribution is 5.99. The Labute approximate surface area is 105 Å². The van der Waals surface area contributed by atoms with Gasteiger partial charge in [-0.05, 0) is 34.6 Å². The van der Waals surface area contributed by atoms with E-state index < -0.39 is 0 Å². The van der Waals surface area contributed by atoms with Gasteiger partial charge in [-0.15, -0.1) is 0 Å². The van der Waals surface area contributed by atoms with Gasteiger partial charge in [-0.3, -0.25) is 9.69 Å².